The van der Waals surface area contributed by atoms with E-state index < -0.39 is 0 Å². The number of nitro groups is 1. The zero-order valence-electron chi connectivity index (χ0n) is 14.7. The summed E-state index contributed by atoms with van der Waals surface area (Å²) in [6.45, 7) is 2.76. The van der Waals surface area contributed by atoms with Crippen molar-refractivity contribution >= 4 is 5.91 Å². The zero-order chi connectivity index (χ0) is 18.7. The van der Waals surface area contributed by atoms with Crippen LogP contribution in [0.5, 0.6) is 0 Å². The topological polar surface area (TPSA) is 87.2 Å². The number of hydrogen-bond acceptors (Lipinski definition) is 4. The number of nitriles is 1. The number of aryl methyl sites for hydroxylation is 1. The molecule has 1 aliphatic heterocycles. The van der Waals surface area contributed by atoms with Crippen LogP contribution in [0.3, 0.4) is 0 Å². The van der Waals surface area contributed by atoms with Crippen LogP contribution >= 0.6 is 0 Å². The molecule has 1 aromatic carbocycles. The molecular formula is C20H21N3O3. The van der Waals surface area contributed by atoms with Gasteiger partial charge in [0.1, 0.15) is 0 Å². The van der Waals surface area contributed by atoms with Gasteiger partial charge in [0.2, 0.25) is 11.6 Å². The van der Waals surface area contributed by atoms with Crippen molar-refractivity contribution in [1.29, 1.82) is 5.26 Å². The molecule has 1 aromatic rings. The highest BCUT2D eigenvalue weighted by Crippen LogP contribution is 2.39. The van der Waals surface area contributed by atoms with E-state index in [1.54, 1.807) is 18.2 Å². The van der Waals surface area contributed by atoms with Gasteiger partial charge in [-0.15, -0.1) is 0 Å². The van der Waals surface area contributed by atoms with E-state index in [-0.39, 0.29) is 22.4 Å². The van der Waals surface area contributed by atoms with Crippen LogP contribution in [-0.4, -0.2) is 22.3 Å². The molecule has 1 heterocycles. The van der Waals surface area contributed by atoms with Crippen LogP contribution in [0.2, 0.25) is 0 Å². The smallest absolute Gasteiger partial charge is 0.246 e. The fraction of sp³-hybridized carbons (Fsp3) is 0.400. The number of piperidine rings is 1. The predicted octanol–water partition coefficient (Wildman–Crippen LogP) is 3.42. The minimum absolute atomic E-state index is 0.0352. The van der Waals surface area contributed by atoms with E-state index in [4.69, 9.17) is 5.26 Å². The highest BCUT2D eigenvalue weighted by atomic mass is 16.6. The maximum Gasteiger partial charge on any atom is 0.246 e. The van der Waals surface area contributed by atoms with Crippen LogP contribution in [0.15, 0.2) is 47.8 Å². The number of benzene rings is 1. The van der Waals surface area contributed by atoms with Gasteiger partial charge in [0.05, 0.1) is 16.6 Å². The molecule has 2 atom stereocenters. The SMILES string of the molecule is CC1CCN(C(=O)CCc2ccc(C#N)cc2)C2=CC=C([N+](=O)[O-])CC21. The van der Waals surface area contributed by atoms with Crippen molar-refractivity contribution < 1.29 is 9.72 Å². The van der Waals surface area contributed by atoms with Crippen molar-refractivity contribution in [1.82, 2.24) is 4.90 Å². The molecule has 134 valence electrons. The predicted molar refractivity (Wildman–Crippen MR) is 96.2 cm³/mol. The molecule has 0 radical (unpaired) electrons. The van der Waals surface area contributed by atoms with E-state index in [1.165, 1.54) is 6.08 Å². The summed E-state index contributed by atoms with van der Waals surface area (Å²) in [6, 6.07) is 9.34. The number of fused-ring (bicyclic) bond motifs is 1. The summed E-state index contributed by atoms with van der Waals surface area (Å²) < 4.78 is 0. The van der Waals surface area contributed by atoms with Gasteiger partial charge in [0.25, 0.3) is 0 Å². The Balaban J connectivity index is 1.70. The average molecular weight is 351 g/mol. The van der Waals surface area contributed by atoms with Crippen molar-refractivity contribution in [2.45, 2.75) is 32.6 Å². The summed E-state index contributed by atoms with van der Waals surface area (Å²) in [5, 5.41) is 19.9. The van der Waals surface area contributed by atoms with E-state index in [0.717, 1.165) is 17.7 Å². The molecule has 3 rings (SSSR count). The van der Waals surface area contributed by atoms with Gasteiger partial charge in [-0.25, -0.2) is 0 Å². The first-order chi connectivity index (χ1) is 12.5. The number of amides is 1. The molecule has 0 spiro atoms. The third-order valence-electron chi connectivity index (χ3n) is 5.31. The second-order valence-corrected chi connectivity index (χ2v) is 6.94. The number of rotatable bonds is 4. The number of likely N-dealkylation sites (tertiary alicyclic amines) is 1. The Labute approximate surface area is 152 Å². The second kappa shape index (κ2) is 7.52. The molecule has 1 amide bonds. The van der Waals surface area contributed by atoms with E-state index in [0.29, 0.717) is 37.3 Å². The third kappa shape index (κ3) is 3.67. The van der Waals surface area contributed by atoms with E-state index >= 15 is 0 Å². The molecule has 26 heavy (non-hydrogen) atoms. The van der Waals surface area contributed by atoms with Gasteiger partial charge in [-0.05, 0) is 42.5 Å². The van der Waals surface area contributed by atoms with Crippen molar-refractivity contribution in [3.05, 3.63) is 69.1 Å². The summed E-state index contributed by atoms with van der Waals surface area (Å²) in [7, 11) is 0. The Morgan fingerprint density at radius 1 is 1.35 bits per heavy atom. The zero-order valence-corrected chi connectivity index (χ0v) is 14.7. The van der Waals surface area contributed by atoms with Gasteiger partial charge < -0.3 is 4.90 Å². The molecule has 0 N–H and O–H groups in total. The minimum atomic E-state index is -0.328. The number of hydrogen-bond donors (Lipinski definition) is 0. The van der Waals surface area contributed by atoms with Crippen LogP contribution < -0.4 is 0 Å². The fourth-order valence-electron chi connectivity index (χ4n) is 3.69. The van der Waals surface area contributed by atoms with Gasteiger partial charge in [-0.3, -0.25) is 14.9 Å². The first-order valence-corrected chi connectivity index (χ1v) is 8.84. The molecule has 1 saturated heterocycles. The molecule has 2 unspecified atom stereocenters. The normalized spacial score (nSPS) is 21.9. The summed E-state index contributed by atoms with van der Waals surface area (Å²) in [6.07, 6.45) is 5.53. The van der Waals surface area contributed by atoms with Crippen LogP contribution in [0.1, 0.15) is 37.3 Å². The lowest BCUT2D eigenvalue weighted by Crippen LogP contribution is -2.42. The lowest BCUT2D eigenvalue weighted by molar-refractivity contribution is -0.429. The first kappa shape index (κ1) is 17.9. The Morgan fingerprint density at radius 2 is 2.08 bits per heavy atom. The van der Waals surface area contributed by atoms with E-state index in [1.807, 2.05) is 17.0 Å². The number of carbonyl (C=O) groups is 1. The molecule has 0 bridgehead atoms. The molecule has 0 saturated carbocycles. The fourth-order valence-corrected chi connectivity index (χ4v) is 3.69. The van der Waals surface area contributed by atoms with Gasteiger partial charge in [-0.2, -0.15) is 5.26 Å². The molecule has 1 fully saturated rings. The van der Waals surface area contributed by atoms with Gasteiger partial charge in [0.15, 0.2) is 0 Å². The molecule has 6 heteroatoms. The van der Waals surface area contributed by atoms with E-state index in [2.05, 4.69) is 13.0 Å². The maximum atomic E-state index is 12.7. The molecule has 0 aromatic heterocycles. The van der Waals surface area contributed by atoms with Crippen LogP contribution in [-0.2, 0) is 11.2 Å². The average Bonchev–Trinajstić information content (AvgIpc) is 2.66. The Morgan fingerprint density at radius 3 is 2.73 bits per heavy atom. The minimum Gasteiger partial charge on any atom is -0.316 e. The molecule has 6 nitrogen and oxygen atoms in total. The van der Waals surface area contributed by atoms with Crippen molar-refractivity contribution in [2.24, 2.45) is 11.8 Å². The van der Waals surface area contributed by atoms with Gasteiger partial charge in [0, 0.05) is 37.1 Å². The van der Waals surface area contributed by atoms with Crippen molar-refractivity contribution in [2.75, 3.05) is 6.54 Å². The second-order valence-electron chi connectivity index (χ2n) is 6.94. The van der Waals surface area contributed by atoms with Crippen molar-refractivity contribution in [3.8, 4) is 6.07 Å². The third-order valence-corrected chi connectivity index (χ3v) is 5.31. The largest absolute Gasteiger partial charge is 0.316 e. The van der Waals surface area contributed by atoms with Crippen molar-refractivity contribution in [3.63, 3.8) is 0 Å². The standard InChI is InChI=1S/C20H21N3O3/c1-14-10-11-22(19-8-7-17(23(25)26)12-18(14)19)20(24)9-6-15-2-4-16(13-21)5-3-15/h2-5,7-8,14,18H,6,9-12H2,1H3. The van der Waals surface area contributed by atoms with Gasteiger partial charge in [-0.1, -0.05) is 19.1 Å². The number of allylic oxidation sites excluding steroid dienone is 4. The molecule has 1 aliphatic carbocycles. The monoisotopic (exact) mass is 351 g/mol. The molecule has 2 aliphatic rings. The quantitative estimate of drug-likeness (QED) is 0.614. The highest BCUT2D eigenvalue weighted by Gasteiger charge is 2.37. The number of carbonyl (C=O) groups excluding carboxylic acids is 1. The number of nitrogens with zero attached hydrogens (tertiary/aromatic N) is 3. The highest BCUT2D eigenvalue weighted by molar-refractivity contribution is 5.78. The molecular weight excluding hydrogens is 330 g/mol. The van der Waals surface area contributed by atoms with Gasteiger partial charge >= 0.3 is 0 Å². The van der Waals surface area contributed by atoms with Crippen LogP contribution in [0.25, 0.3) is 0 Å². The Bertz CT molecular complexity index is 818. The Hall–Kier alpha value is -2.94. The van der Waals surface area contributed by atoms with Crippen LogP contribution in [0, 0.1) is 33.3 Å². The van der Waals surface area contributed by atoms with Crippen LogP contribution in [0.4, 0.5) is 0 Å². The maximum absolute atomic E-state index is 12.7. The Kier molecular flexibility index (Phi) is 5.17. The summed E-state index contributed by atoms with van der Waals surface area (Å²) in [5.41, 5.74) is 2.76. The lowest BCUT2D eigenvalue weighted by atomic mass is 9.78. The summed E-state index contributed by atoms with van der Waals surface area (Å²) in [4.78, 5) is 25.3. The van der Waals surface area contributed by atoms with E-state index in [9.17, 15) is 14.9 Å². The summed E-state index contributed by atoms with van der Waals surface area (Å²) >= 11 is 0. The summed E-state index contributed by atoms with van der Waals surface area (Å²) in [5.74, 6) is 0.413. The first-order valence-electron chi connectivity index (χ1n) is 8.84. The lowest BCUT2D eigenvalue weighted by Gasteiger charge is -2.40.